The second kappa shape index (κ2) is 8.52. The molecule has 0 amide bonds. The average molecular weight is 304 g/mol. The van der Waals surface area contributed by atoms with E-state index in [2.05, 4.69) is 38.6 Å². The molecule has 1 heterocycles. The summed E-state index contributed by atoms with van der Waals surface area (Å²) in [6.45, 7) is 0.882. The Morgan fingerprint density at radius 1 is 1.38 bits per heavy atom. The number of carbonyl (C=O) groups is 1. The first-order valence-corrected chi connectivity index (χ1v) is 8.03. The van der Waals surface area contributed by atoms with Crippen LogP contribution in [-0.4, -0.2) is 28.4 Å². The predicted octanol–water partition coefficient (Wildman–Crippen LogP) is 3.31. The van der Waals surface area contributed by atoms with Crippen molar-refractivity contribution in [3.63, 3.8) is 0 Å². The van der Waals surface area contributed by atoms with Crippen LogP contribution in [0.5, 0.6) is 0 Å². The number of aromatic nitrogens is 2. The second-order valence-electron chi connectivity index (χ2n) is 4.71. The van der Waals surface area contributed by atoms with E-state index in [1.165, 1.54) is 12.7 Å². The molecular formula is C16H20N2O2S. The van der Waals surface area contributed by atoms with Gasteiger partial charge in [-0.2, -0.15) is 11.8 Å². The number of rotatable bonds is 8. The maximum absolute atomic E-state index is 11.1. The highest BCUT2D eigenvalue weighted by molar-refractivity contribution is 7.99. The third-order valence-corrected chi connectivity index (χ3v) is 4.53. The van der Waals surface area contributed by atoms with Gasteiger partial charge < -0.3 is 9.30 Å². The van der Waals surface area contributed by atoms with E-state index in [1.54, 1.807) is 6.20 Å². The van der Waals surface area contributed by atoms with Gasteiger partial charge in [0.1, 0.15) is 0 Å². The minimum atomic E-state index is -0.138. The van der Waals surface area contributed by atoms with Gasteiger partial charge in [-0.3, -0.25) is 4.79 Å². The molecule has 0 fully saturated rings. The van der Waals surface area contributed by atoms with E-state index in [-0.39, 0.29) is 5.97 Å². The molecule has 1 aromatic heterocycles. The maximum Gasteiger partial charge on any atom is 0.305 e. The smallest absolute Gasteiger partial charge is 0.305 e. The molecule has 112 valence electrons. The van der Waals surface area contributed by atoms with Crippen molar-refractivity contribution in [3.8, 4) is 0 Å². The van der Waals surface area contributed by atoms with Crippen molar-refractivity contribution in [2.75, 3.05) is 12.9 Å². The van der Waals surface area contributed by atoms with E-state index in [0.29, 0.717) is 11.7 Å². The van der Waals surface area contributed by atoms with Gasteiger partial charge in [-0.25, -0.2) is 4.98 Å². The lowest BCUT2D eigenvalue weighted by Gasteiger charge is -2.17. The highest BCUT2D eigenvalue weighted by atomic mass is 32.2. The number of hydrogen-bond acceptors (Lipinski definition) is 4. The van der Waals surface area contributed by atoms with Crippen LogP contribution in [0.15, 0.2) is 49.1 Å². The van der Waals surface area contributed by atoms with Crippen LogP contribution >= 0.6 is 11.8 Å². The summed E-state index contributed by atoms with van der Waals surface area (Å²) in [5.74, 6) is 0.796. The fraction of sp³-hybridized carbons (Fsp3) is 0.375. The number of carbonyl (C=O) groups excluding carboxylic acids is 1. The molecule has 0 bridgehead atoms. The molecule has 5 heteroatoms. The number of thioether (sulfide) groups is 1. The lowest BCUT2D eigenvalue weighted by molar-refractivity contribution is -0.140. The van der Waals surface area contributed by atoms with Crippen molar-refractivity contribution in [1.29, 1.82) is 0 Å². The van der Waals surface area contributed by atoms with Gasteiger partial charge in [0.15, 0.2) is 0 Å². The van der Waals surface area contributed by atoms with Crippen LogP contribution < -0.4 is 0 Å². The van der Waals surface area contributed by atoms with Crippen LogP contribution in [0.3, 0.4) is 0 Å². The number of benzene rings is 1. The van der Waals surface area contributed by atoms with E-state index >= 15 is 0 Å². The normalized spacial score (nSPS) is 12.0. The Bertz CT molecular complexity index is 528. The molecule has 0 aliphatic carbocycles. The molecular weight excluding hydrogens is 284 g/mol. The van der Waals surface area contributed by atoms with Crippen LogP contribution in [0.2, 0.25) is 0 Å². The number of methoxy groups -OCH3 is 1. The van der Waals surface area contributed by atoms with Gasteiger partial charge >= 0.3 is 5.97 Å². The van der Waals surface area contributed by atoms with Gasteiger partial charge in [-0.15, -0.1) is 0 Å². The van der Waals surface area contributed by atoms with Crippen LogP contribution in [0.4, 0.5) is 0 Å². The van der Waals surface area contributed by atoms with Gasteiger partial charge in [0.2, 0.25) is 0 Å². The summed E-state index contributed by atoms with van der Waals surface area (Å²) in [6, 6.07) is 10.4. The minimum absolute atomic E-state index is 0.138. The fourth-order valence-corrected chi connectivity index (χ4v) is 3.28. The summed E-state index contributed by atoms with van der Waals surface area (Å²) in [6.07, 6.45) is 6.93. The zero-order valence-corrected chi connectivity index (χ0v) is 13.0. The summed E-state index contributed by atoms with van der Waals surface area (Å²) in [5.41, 5.74) is 1.30. The number of imidazole rings is 1. The molecule has 4 nitrogen and oxygen atoms in total. The minimum Gasteiger partial charge on any atom is -0.469 e. The molecule has 0 radical (unpaired) electrons. The van der Waals surface area contributed by atoms with E-state index in [9.17, 15) is 4.79 Å². The van der Waals surface area contributed by atoms with Crippen molar-refractivity contribution in [1.82, 2.24) is 9.55 Å². The predicted molar refractivity (Wildman–Crippen MR) is 85.1 cm³/mol. The average Bonchev–Trinajstić information content (AvgIpc) is 3.04. The van der Waals surface area contributed by atoms with E-state index in [0.717, 1.165) is 18.7 Å². The third kappa shape index (κ3) is 5.27. The molecule has 0 aliphatic rings. The van der Waals surface area contributed by atoms with E-state index < -0.39 is 0 Å². The maximum atomic E-state index is 11.1. The Kier molecular flexibility index (Phi) is 6.34. The van der Waals surface area contributed by atoms with Crippen LogP contribution in [0.25, 0.3) is 0 Å². The highest BCUT2D eigenvalue weighted by Crippen LogP contribution is 2.31. The van der Waals surface area contributed by atoms with Gasteiger partial charge in [-0.1, -0.05) is 30.3 Å². The summed E-state index contributed by atoms with van der Waals surface area (Å²) in [5, 5.41) is 0.359. The first-order chi connectivity index (χ1) is 10.3. The van der Waals surface area contributed by atoms with Gasteiger partial charge in [0.25, 0.3) is 0 Å². The van der Waals surface area contributed by atoms with Crippen LogP contribution in [0.1, 0.15) is 23.7 Å². The van der Waals surface area contributed by atoms with Crippen molar-refractivity contribution in [2.24, 2.45) is 0 Å². The van der Waals surface area contributed by atoms with Gasteiger partial charge in [0, 0.05) is 30.6 Å². The Morgan fingerprint density at radius 3 is 2.86 bits per heavy atom. The van der Waals surface area contributed by atoms with E-state index in [1.807, 2.05) is 30.4 Å². The largest absolute Gasteiger partial charge is 0.469 e. The molecule has 2 rings (SSSR count). The quantitative estimate of drug-likeness (QED) is 0.554. The second-order valence-corrected chi connectivity index (χ2v) is 6.02. The Morgan fingerprint density at radius 2 is 2.19 bits per heavy atom. The number of nitrogens with zero attached hydrogens (tertiary/aromatic N) is 2. The Balaban J connectivity index is 1.91. The molecule has 0 spiro atoms. The highest BCUT2D eigenvalue weighted by Gasteiger charge is 2.13. The summed E-state index contributed by atoms with van der Waals surface area (Å²) >= 11 is 1.87. The number of hydrogen-bond donors (Lipinski definition) is 0. The molecule has 2 aromatic rings. The van der Waals surface area contributed by atoms with Crippen molar-refractivity contribution >= 4 is 17.7 Å². The fourth-order valence-electron chi connectivity index (χ4n) is 2.05. The van der Waals surface area contributed by atoms with Gasteiger partial charge in [-0.05, 0) is 17.7 Å². The molecule has 1 unspecified atom stereocenters. The number of esters is 1. The summed E-state index contributed by atoms with van der Waals surface area (Å²) in [7, 11) is 1.43. The SMILES string of the molecule is COC(=O)CCCSC(Cn1ccnc1)c1ccccc1. The first-order valence-electron chi connectivity index (χ1n) is 6.98. The van der Waals surface area contributed by atoms with Crippen molar-refractivity contribution < 1.29 is 9.53 Å². The van der Waals surface area contributed by atoms with Crippen molar-refractivity contribution in [2.45, 2.75) is 24.6 Å². The van der Waals surface area contributed by atoms with Crippen LogP contribution in [0, 0.1) is 0 Å². The standard InChI is InChI=1S/C16H20N2O2S/c1-20-16(19)8-5-11-21-15(12-18-10-9-17-13-18)14-6-3-2-4-7-14/h2-4,6-7,9-10,13,15H,5,8,11-12H2,1H3. The molecule has 0 aliphatic heterocycles. The first kappa shape index (κ1) is 15.6. The molecule has 0 saturated heterocycles. The number of ether oxygens (including phenoxy) is 1. The Labute approximate surface area is 129 Å². The molecule has 1 aromatic carbocycles. The summed E-state index contributed by atoms with van der Waals surface area (Å²) in [4.78, 5) is 15.2. The molecule has 1 atom stereocenters. The molecule has 0 N–H and O–H groups in total. The monoisotopic (exact) mass is 304 g/mol. The lowest BCUT2D eigenvalue weighted by Crippen LogP contribution is -2.06. The third-order valence-electron chi connectivity index (χ3n) is 3.18. The topological polar surface area (TPSA) is 44.1 Å². The molecule has 0 saturated carbocycles. The zero-order chi connectivity index (χ0) is 14.9. The van der Waals surface area contributed by atoms with E-state index in [4.69, 9.17) is 0 Å². The van der Waals surface area contributed by atoms with Crippen LogP contribution in [-0.2, 0) is 16.1 Å². The lowest BCUT2D eigenvalue weighted by atomic mass is 10.1. The summed E-state index contributed by atoms with van der Waals surface area (Å²) < 4.78 is 6.75. The zero-order valence-electron chi connectivity index (χ0n) is 12.1. The Hall–Kier alpha value is -1.75. The van der Waals surface area contributed by atoms with Crippen molar-refractivity contribution in [3.05, 3.63) is 54.6 Å². The van der Waals surface area contributed by atoms with Gasteiger partial charge in [0.05, 0.1) is 13.4 Å². The molecule has 21 heavy (non-hydrogen) atoms.